The lowest BCUT2D eigenvalue weighted by Gasteiger charge is -2.46. The van der Waals surface area contributed by atoms with Gasteiger partial charge in [-0.25, -0.2) is 0 Å². The number of likely N-dealkylation sites (tertiary alicyclic amines) is 1. The zero-order chi connectivity index (χ0) is 27.6. The van der Waals surface area contributed by atoms with Gasteiger partial charge in [0.2, 0.25) is 17.7 Å². The number of hydrogen-bond acceptors (Lipinski definition) is 5. The van der Waals surface area contributed by atoms with Crippen LogP contribution in [0.5, 0.6) is 5.75 Å². The zero-order valence-electron chi connectivity index (χ0n) is 21.6. The van der Waals surface area contributed by atoms with Crippen molar-refractivity contribution in [1.82, 2.24) is 20.0 Å². The Morgan fingerprint density at radius 2 is 1.87 bits per heavy atom. The number of ether oxygens (including phenoxy) is 1. The first-order chi connectivity index (χ1) is 17.9. The number of likely N-dealkylation sites (N-methyl/N-ethyl adjacent to an activating group) is 1. The molecule has 1 aromatic carbocycles. The molecule has 1 aromatic rings. The van der Waals surface area contributed by atoms with Gasteiger partial charge in [0.1, 0.15) is 12.3 Å². The third-order valence-corrected chi connectivity index (χ3v) is 8.42. The molecule has 3 unspecified atom stereocenters. The van der Waals surface area contributed by atoms with E-state index in [4.69, 9.17) is 11.6 Å². The van der Waals surface area contributed by atoms with E-state index in [0.29, 0.717) is 17.4 Å². The first kappa shape index (κ1) is 28.5. The van der Waals surface area contributed by atoms with Gasteiger partial charge in [-0.2, -0.15) is 0 Å². The summed E-state index contributed by atoms with van der Waals surface area (Å²) in [6.45, 7) is 3.33. The molecule has 3 atom stereocenters. The van der Waals surface area contributed by atoms with Crippen molar-refractivity contribution in [2.75, 3.05) is 33.4 Å². The first-order valence-corrected chi connectivity index (χ1v) is 13.3. The summed E-state index contributed by atoms with van der Waals surface area (Å²) in [7, 11) is 1.54. The molecule has 0 spiro atoms. The third kappa shape index (κ3) is 6.91. The van der Waals surface area contributed by atoms with Crippen LogP contribution in [-0.4, -0.2) is 78.2 Å². The average Bonchev–Trinajstić information content (AvgIpc) is 2.86. The van der Waals surface area contributed by atoms with Gasteiger partial charge in [-0.05, 0) is 61.6 Å². The smallest absolute Gasteiger partial charge is 0.404 e. The normalized spacial score (nSPS) is 24.7. The van der Waals surface area contributed by atoms with Gasteiger partial charge in [-0.1, -0.05) is 17.7 Å². The van der Waals surface area contributed by atoms with Crippen molar-refractivity contribution in [1.29, 1.82) is 0 Å². The molecule has 38 heavy (non-hydrogen) atoms. The van der Waals surface area contributed by atoms with Crippen molar-refractivity contribution in [3.8, 4) is 5.75 Å². The Morgan fingerprint density at radius 3 is 2.53 bits per heavy atom. The Kier molecular flexibility index (Phi) is 8.76. The molecule has 210 valence electrons. The number of benzene rings is 1. The number of halogens is 4. The molecule has 3 aliphatic rings. The van der Waals surface area contributed by atoms with E-state index in [2.05, 4.69) is 10.1 Å². The highest BCUT2D eigenvalue weighted by atomic mass is 35.5. The second-order valence-electron chi connectivity index (χ2n) is 10.6. The van der Waals surface area contributed by atoms with Crippen molar-refractivity contribution in [2.45, 2.75) is 58.0 Å². The minimum atomic E-state index is -4.88. The van der Waals surface area contributed by atoms with Crippen LogP contribution in [0.25, 0.3) is 0 Å². The largest absolute Gasteiger partial charge is 0.573 e. The quantitative estimate of drug-likeness (QED) is 0.577. The van der Waals surface area contributed by atoms with Gasteiger partial charge in [0, 0.05) is 39.6 Å². The number of alkyl halides is 3. The van der Waals surface area contributed by atoms with Crippen LogP contribution < -0.4 is 10.1 Å². The molecule has 1 saturated carbocycles. The van der Waals surface area contributed by atoms with Gasteiger partial charge in [-0.15, -0.1) is 13.2 Å². The molecule has 12 heteroatoms. The van der Waals surface area contributed by atoms with Crippen LogP contribution in [0.3, 0.4) is 0 Å². The van der Waals surface area contributed by atoms with Crippen molar-refractivity contribution in [2.24, 2.45) is 17.8 Å². The van der Waals surface area contributed by atoms with Crippen LogP contribution in [0.4, 0.5) is 13.2 Å². The maximum atomic E-state index is 13.4. The first-order valence-electron chi connectivity index (χ1n) is 13.0. The van der Waals surface area contributed by atoms with Gasteiger partial charge in [0.05, 0.1) is 17.6 Å². The summed E-state index contributed by atoms with van der Waals surface area (Å²) in [6.07, 6.45) is -0.237. The lowest BCUT2D eigenvalue weighted by Crippen LogP contribution is -2.60. The van der Waals surface area contributed by atoms with E-state index in [1.54, 1.807) is 6.92 Å². The molecule has 3 fully saturated rings. The summed E-state index contributed by atoms with van der Waals surface area (Å²) in [6, 6.07) is 4.07. The Hall–Kier alpha value is -2.53. The van der Waals surface area contributed by atoms with E-state index < -0.39 is 12.1 Å². The van der Waals surface area contributed by atoms with Crippen LogP contribution >= 0.6 is 11.6 Å². The van der Waals surface area contributed by atoms with Gasteiger partial charge < -0.3 is 19.4 Å². The number of fused-ring (bicyclic) bond motifs is 1. The van der Waals surface area contributed by atoms with Crippen molar-refractivity contribution < 1.29 is 32.3 Å². The van der Waals surface area contributed by atoms with E-state index in [0.717, 1.165) is 51.3 Å². The monoisotopic (exact) mass is 558 g/mol. The molecule has 8 nitrogen and oxygen atoms in total. The molecule has 0 bridgehead atoms. The molecule has 0 aromatic heterocycles. The summed E-state index contributed by atoms with van der Waals surface area (Å²) in [4.78, 5) is 42.7. The second-order valence-corrected chi connectivity index (χ2v) is 11.0. The third-order valence-electron chi connectivity index (χ3n) is 8.11. The Morgan fingerprint density at radius 1 is 1.16 bits per heavy atom. The molecule has 1 N–H and O–H groups in total. The molecular formula is C26H34ClF3N4O4. The Balaban J connectivity index is 1.32. The van der Waals surface area contributed by atoms with E-state index in [-0.39, 0.29) is 54.5 Å². The molecular weight excluding hydrogens is 525 g/mol. The number of carbonyl (C=O) groups excluding carboxylic acids is 3. The van der Waals surface area contributed by atoms with E-state index >= 15 is 0 Å². The van der Waals surface area contributed by atoms with E-state index in [9.17, 15) is 27.6 Å². The summed E-state index contributed by atoms with van der Waals surface area (Å²) in [5.74, 6) is -0.0529. The summed E-state index contributed by atoms with van der Waals surface area (Å²) in [5.41, 5.74) is 0.415. The number of nitrogens with zero attached hydrogens (tertiary/aromatic N) is 3. The molecule has 2 heterocycles. The maximum absolute atomic E-state index is 13.4. The van der Waals surface area contributed by atoms with E-state index in [1.165, 1.54) is 29.0 Å². The van der Waals surface area contributed by atoms with Crippen LogP contribution in [0, 0.1) is 17.8 Å². The van der Waals surface area contributed by atoms with Crippen LogP contribution in [-0.2, 0) is 20.9 Å². The Bertz CT molecular complexity index is 1050. The number of hydrogen-bond donors (Lipinski definition) is 1. The Labute approximate surface area is 225 Å². The maximum Gasteiger partial charge on any atom is 0.573 e. The molecule has 1 aliphatic carbocycles. The SMILES string of the molecule is CC(=O)N1CCC(C2CCC3NCN(CC(=O)N(C)Cc4ccc(Cl)c(OC(F)(F)F)c4)C(=O)C3C2)CC1. The van der Waals surface area contributed by atoms with Gasteiger partial charge in [0.15, 0.2) is 0 Å². The number of rotatable bonds is 6. The number of nitrogens with one attached hydrogen (secondary N) is 1. The topological polar surface area (TPSA) is 82.2 Å². The van der Waals surface area contributed by atoms with Gasteiger partial charge >= 0.3 is 6.36 Å². The van der Waals surface area contributed by atoms with Crippen molar-refractivity contribution in [3.63, 3.8) is 0 Å². The highest BCUT2D eigenvalue weighted by molar-refractivity contribution is 6.32. The summed E-state index contributed by atoms with van der Waals surface area (Å²) in [5, 5.41) is 3.23. The van der Waals surface area contributed by atoms with Crippen LogP contribution in [0.15, 0.2) is 18.2 Å². The number of piperidine rings is 1. The molecule has 0 radical (unpaired) electrons. The predicted molar refractivity (Wildman–Crippen MR) is 134 cm³/mol. The average molecular weight is 559 g/mol. The lowest BCUT2D eigenvalue weighted by molar-refractivity contribution is -0.274. The van der Waals surface area contributed by atoms with Crippen molar-refractivity contribution >= 4 is 29.3 Å². The highest BCUT2D eigenvalue weighted by Gasteiger charge is 2.43. The zero-order valence-corrected chi connectivity index (χ0v) is 22.4. The van der Waals surface area contributed by atoms with Gasteiger partial charge in [0.25, 0.3) is 0 Å². The predicted octanol–water partition coefficient (Wildman–Crippen LogP) is 3.63. The van der Waals surface area contributed by atoms with Gasteiger partial charge in [-0.3, -0.25) is 19.7 Å². The summed E-state index contributed by atoms with van der Waals surface area (Å²) < 4.78 is 41.8. The van der Waals surface area contributed by atoms with Crippen LogP contribution in [0.2, 0.25) is 5.02 Å². The molecule has 2 aliphatic heterocycles. The van der Waals surface area contributed by atoms with E-state index in [1.807, 2.05) is 4.90 Å². The standard InChI is InChI=1S/C26H34ClF3N4O4/c1-16(35)33-9-7-18(8-10-33)19-4-6-22-20(12-19)25(37)34(15-31-22)14-24(36)32(2)13-17-3-5-21(27)23(11-17)38-26(28,29)30/h3,5,11,18-20,22,31H,4,6-10,12-15H2,1-2H3. The number of amides is 3. The molecule has 2 saturated heterocycles. The summed E-state index contributed by atoms with van der Waals surface area (Å²) >= 11 is 5.81. The minimum absolute atomic E-state index is 0.0336. The second kappa shape index (κ2) is 11.7. The minimum Gasteiger partial charge on any atom is -0.404 e. The highest BCUT2D eigenvalue weighted by Crippen LogP contribution is 2.40. The fraction of sp³-hybridized carbons (Fsp3) is 0.654. The number of carbonyl (C=O) groups is 3. The molecule has 4 rings (SSSR count). The molecule has 3 amide bonds. The fourth-order valence-electron chi connectivity index (χ4n) is 6.00. The lowest BCUT2D eigenvalue weighted by atomic mass is 9.69. The van der Waals surface area contributed by atoms with Crippen molar-refractivity contribution in [3.05, 3.63) is 28.8 Å². The fourth-order valence-corrected chi connectivity index (χ4v) is 6.16. The van der Waals surface area contributed by atoms with Crippen LogP contribution in [0.1, 0.15) is 44.6 Å².